The minimum atomic E-state index is -0.148. The van der Waals surface area contributed by atoms with E-state index in [0.717, 1.165) is 33.8 Å². The lowest BCUT2D eigenvalue weighted by molar-refractivity contribution is 0.252. The van der Waals surface area contributed by atoms with Gasteiger partial charge in [-0.05, 0) is 41.5 Å². The van der Waals surface area contributed by atoms with E-state index >= 15 is 0 Å². The van der Waals surface area contributed by atoms with Gasteiger partial charge in [0.15, 0.2) is 0 Å². The number of carbonyl (C=O) groups is 1. The summed E-state index contributed by atoms with van der Waals surface area (Å²) < 4.78 is 1.05. The van der Waals surface area contributed by atoms with Gasteiger partial charge in [-0.25, -0.2) is 4.79 Å². The molecule has 100 valence electrons. The van der Waals surface area contributed by atoms with E-state index in [0.29, 0.717) is 6.54 Å². The second-order valence-electron chi connectivity index (χ2n) is 4.44. The number of rotatable bonds is 4. The fraction of sp³-hybridized carbons (Fsp3) is 0.267. The number of hydrogen-bond acceptors (Lipinski definition) is 1. The van der Waals surface area contributed by atoms with E-state index in [1.165, 1.54) is 0 Å². The molecule has 0 saturated carbocycles. The summed E-state index contributed by atoms with van der Waals surface area (Å²) in [5.41, 5.74) is 0.809. The molecule has 0 fully saturated rings. The lowest BCUT2D eigenvalue weighted by atomic mass is 10.1. The van der Waals surface area contributed by atoms with Gasteiger partial charge in [0.05, 0.1) is 0 Å². The molecule has 2 N–H and O–H groups in total. The van der Waals surface area contributed by atoms with Crippen molar-refractivity contribution in [2.45, 2.75) is 19.8 Å². The number of amides is 2. The van der Waals surface area contributed by atoms with Crippen LogP contribution in [0.3, 0.4) is 0 Å². The first-order valence-electron chi connectivity index (χ1n) is 6.43. The maximum Gasteiger partial charge on any atom is 0.319 e. The van der Waals surface area contributed by atoms with E-state index in [9.17, 15) is 4.79 Å². The Morgan fingerprint density at radius 2 is 1.89 bits per heavy atom. The maximum absolute atomic E-state index is 11.6. The van der Waals surface area contributed by atoms with Crippen LogP contribution in [0, 0.1) is 0 Å². The van der Waals surface area contributed by atoms with Gasteiger partial charge >= 0.3 is 6.03 Å². The molecule has 0 bridgehead atoms. The molecule has 0 heterocycles. The molecule has 2 amide bonds. The molecular formula is C15H17BrN2O. The Labute approximate surface area is 121 Å². The summed E-state index contributed by atoms with van der Waals surface area (Å²) >= 11 is 3.45. The zero-order chi connectivity index (χ0) is 13.7. The van der Waals surface area contributed by atoms with E-state index in [2.05, 4.69) is 39.6 Å². The number of carbonyl (C=O) groups excluding carboxylic acids is 1. The normalized spacial score (nSPS) is 10.4. The zero-order valence-electron chi connectivity index (χ0n) is 10.9. The van der Waals surface area contributed by atoms with Gasteiger partial charge in [-0.15, -0.1) is 0 Å². The first kappa shape index (κ1) is 13.9. The molecule has 19 heavy (non-hydrogen) atoms. The number of anilines is 1. The quantitative estimate of drug-likeness (QED) is 0.799. The molecule has 3 nitrogen and oxygen atoms in total. The van der Waals surface area contributed by atoms with Gasteiger partial charge in [0.2, 0.25) is 0 Å². The van der Waals surface area contributed by atoms with Gasteiger partial charge < -0.3 is 10.6 Å². The van der Waals surface area contributed by atoms with Crippen LogP contribution in [-0.4, -0.2) is 12.6 Å². The van der Waals surface area contributed by atoms with Crippen LogP contribution in [0.4, 0.5) is 10.5 Å². The number of urea groups is 1. The molecule has 0 aliphatic heterocycles. The van der Waals surface area contributed by atoms with Crippen LogP contribution in [0.1, 0.15) is 19.8 Å². The van der Waals surface area contributed by atoms with Gasteiger partial charge in [-0.2, -0.15) is 0 Å². The van der Waals surface area contributed by atoms with Crippen molar-refractivity contribution in [2.75, 3.05) is 11.9 Å². The lowest BCUT2D eigenvalue weighted by Gasteiger charge is -2.08. The second-order valence-corrected chi connectivity index (χ2v) is 5.36. The highest BCUT2D eigenvalue weighted by Crippen LogP contribution is 2.22. The fourth-order valence-corrected chi connectivity index (χ4v) is 2.23. The molecular weight excluding hydrogens is 304 g/mol. The van der Waals surface area contributed by atoms with Crippen molar-refractivity contribution in [1.82, 2.24) is 5.32 Å². The molecule has 0 aliphatic rings. The van der Waals surface area contributed by atoms with Crippen LogP contribution >= 0.6 is 15.9 Å². The van der Waals surface area contributed by atoms with Crippen molar-refractivity contribution in [3.8, 4) is 0 Å². The SMILES string of the molecule is CCCCNC(=O)Nc1ccc2cc(Br)ccc2c1. The van der Waals surface area contributed by atoms with E-state index < -0.39 is 0 Å². The Hall–Kier alpha value is -1.55. The van der Waals surface area contributed by atoms with Crippen LogP contribution in [0.15, 0.2) is 40.9 Å². The largest absolute Gasteiger partial charge is 0.338 e. The van der Waals surface area contributed by atoms with Crippen LogP contribution in [0.5, 0.6) is 0 Å². The van der Waals surface area contributed by atoms with E-state index in [1.54, 1.807) is 0 Å². The van der Waals surface area contributed by atoms with Crippen LogP contribution in [0.25, 0.3) is 10.8 Å². The molecule has 0 atom stereocenters. The minimum Gasteiger partial charge on any atom is -0.338 e. The van der Waals surface area contributed by atoms with Gasteiger partial charge in [0.25, 0.3) is 0 Å². The Bertz CT molecular complexity index is 583. The van der Waals surface area contributed by atoms with Crippen LogP contribution < -0.4 is 10.6 Å². The molecule has 0 aromatic heterocycles. The van der Waals surface area contributed by atoms with E-state index in [1.807, 2.05) is 30.3 Å². The second kappa shape index (κ2) is 6.57. The van der Waals surface area contributed by atoms with Crippen molar-refractivity contribution < 1.29 is 4.79 Å². The molecule has 4 heteroatoms. The summed E-state index contributed by atoms with van der Waals surface area (Å²) in [4.78, 5) is 11.6. The average molecular weight is 321 g/mol. The third-order valence-electron chi connectivity index (χ3n) is 2.88. The minimum absolute atomic E-state index is 0.148. The number of fused-ring (bicyclic) bond motifs is 1. The molecule has 0 aliphatic carbocycles. The number of unbranched alkanes of at least 4 members (excludes halogenated alkanes) is 1. The molecule has 0 spiro atoms. The van der Waals surface area contributed by atoms with Gasteiger partial charge in [0.1, 0.15) is 0 Å². The van der Waals surface area contributed by atoms with Crippen molar-refractivity contribution in [3.63, 3.8) is 0 Å². The number of halogens is 1. The number of nitrogens with one attached hydrogen (secondary N) is 2. The van der Waals surface area contributed by atoms with Gasteiger partial charge in [-0.1, -0.05) is 41.4 Å². The van der Waals surface area contributed by atoms with Crippen molar-refractivity contribution >= 4 is 38.4 Å². The maximum atomic E-state index is 11.6. The molecule has 2 rings (SSSR count). The monoisotopic (exact) mass is 320 g/mol. The van der Waals surface area contributed by atoms with Crippen LogP contribution in [0.2, 0.25) is 0 Å². The lowest BCUT2D eigenvalue weighted by Crippen LogP contribution is -2.29. The highest BCUT2D eigenvalue weighted by Gasteiger charge is 2.02. The topological polar surface area (TPSA) is 41.1 Å². The van der Waals surface area contributed by atoms with E-state index in [4.69, 9.17) is 0 Å². The van der Waals surface area contributed by atoms with Crippen molar-refractivity contribution in [3.05, 3.63) is 40.9 Å². The standard InChI is InChI=1S/C15H17BrN2O/c1-2-3-8-17-15(19)18-14-7-5-11-9-13(16)6-4-12(11)10-14/h4-7,9-10H,2-3,8H2,1H3,(H2,17,18,19). The molecule has 0 saturated heterocycles. The smallest absolute Gasteiger partial charge is 0.319 e. The predicted octanol–water partition coefficient (Wildman–Crippen LogP) is 4.52. The van der Waals surface area contributed by atoms with Gasteiger partial charge in [-0.3, -0.25) is 0 Å². The highest BCUT2D eigenvalue weighted by molar-refractivity contribution is 9.10. The zero-order valence-corrected chi connectivity index (χ0v) is 12.5. The Morgan fingerprint density at radius 1 is 1.16 bits per heavy atom. The summed E-state index contributed by atoms with van der Waals surface area (Å²) in [5, 5.41) is 7.93. The van der Waals surface area contributed by atoms with Crippen LogP contribution in [-0.2, 0) is 0 Å². The number of hydrogen-bond donors (Lipinski definition) is 2. The summed E-state index contributed by atoms with van der Waals surface area (Å²) in [5.74, 6) is 0. The Balaban J connectivity index is 2.05. The summed E-state index contributed by atoms with van der Waals surface area (Å²) in [7, 11) is 0. The number of benzene rings is 2. The molecule has 0 unspecified atom stereocenters. The molecule has 2 aromatic rings. The third kappa shape index (κ3) is 3.96. The van der Waals surface area contributed by atoms with Crippen molar-refractivity contribution in [1.29, 1.82) is 0 Å². The van der Waals surface area contributed by atoms with E-state index in [-0.39, 0.29) is 6.03 Å². The first-order chi connectivity index (χ1) is 9.19. The fourth-order valence-electron chi connectivity index (χ4n) is 1.85. The Kier molecular flexibility index (Phi) is 4.80. The summed E-state index contributed by atoms with van der Waals surface area (Å²) in [6.07, 6.45) is 2.07. The summed E-state index contributed by atoms with van der Waals surface area (Å²) in [6, 6.07) is 11.8. The first-order valence-corrected chi connectivity index (χ1v) is 7.22. The predicted molar refractivity (Wildman–Crippen MR) is 83.6 cm³/mol. The van der Waals surface area contributed by atoms with Gasteiger partial charge in [0, 0.05) is 16.7 Å². The summed E-state index contributed by atoms with van der Waals surface area (Å²) in [6.45, 7) is 2.81. The van der Waals surface area contributed by atoms with Crippen molar-refractivity contribution in [2.24, 2.45) is 0 Å². The molecule has 0 radical (unpaired) electrons. The third-order valence-corrected chi connectivity index (χ3v) is 3.37. The highest BCUT2D eigenvalue weighted by atomic mass is 79.9. The molecule has 2 aromatic carbocycles. The average Bonchev–Trinajstić information content (AvgIpc) is 2.39. The Morgan fingerprint density at radius 3 is 2.68 bits per heavy atom.